The molecule has 4 aromatic rings. The Balaban J connectivity index is 1.74. The maximum absolute atomic E-state index is 13.3. The van der Waals surface area contributed by atoms with Crippen LogP contribution in [0.5, 0.6) is 0 Å². The monoisotopic (exact) mass is 495 g/mol. The van der Waals surface area contributed by atoms with Crippen LogP contribution in [0.4, 0.5) is 0 Å². The van der Waals surface area contributed by atoms with E-state index in [9.17, 15) is 14.4 Å². The number of aromatic nitrogens is 5. The lowest BCUT2D eigenvalue weighted by Gasteiger charge is -2.12. The van der Waals surface area contributed by atoms with Crippen LogP contribution in [0.2, 0.25) is 0 Å². The van der Waals surface area contributed by atoms with Crippen molar-refractivity contribution in [3.05, 3.63) is 57.1 Å². The molecule has 1 unspecified atom stereocenters. The number of ether oxygens (including phenoxy) is 1. The topological polar surface area (TPSA) is 111 Å². The van der Waals surface area contributed by atoms with Crippen LogP contribution in [0, 0.1) is 13.8 Å². The quantitative estimate of drug-likeness (QED) is 0.159. The number of ketones is 1. The molecule has 0 saturated carbocycles. The fourth-order valence-corrected chi connectivity index (χ4v) is 5.27. The number of carbonyl (C=O) groups is 2. The zero-order valence-corrected chi connectivity index (χ0v) is 21.4. The molecule has 0 bridgehead atoms. The van der Waals surface area contributed by atoms with E-state index in [1.54, 1.807) is 31.4 Å². The van der Waals surface area contributed by atoms with Gasteiger partial charge in [-0.1, -0.05) is 43.7 Å². The molecule has 0 amide bonds. The summed E-state index contributed by atoms with van der Waals surface area (Å²) in [6.45, 7) is 7.93. The molecule has 9 nitrogen and oxygen atoms in total. The van der Waals surface area contributed by atoms with Gasteiger partial charge < -0.3 is 9.72 Å². The molecule has 1 atom stereocenters. The molecule has 0 saturated heterocycles. The number of H-pyrrole nitrogens is 1. The van der Waals surface area contributed by atoms with E-state index in [1.165, 1.54) is 18.9 Å². The molecule has 0 spiro atoms. The molecule has 3 aromatic heterocycles. The van der Waals surface area contributed by atoms with Crippen molar-refractivity contribution >= 4 is 40.2 Å². The number of hydrogen-bond acceptors (Lipinski definition) is 7. The van der Waals surface area contributed by atoms with Crippen molar-refractivity contribution in [2.75, 3.05) is 7.11 Å². The molecule has 3 heterocycles. The predicted octanol–water partition coefficient (Wildman–Crippen LogP) is 4.33. The largest absolute Gasteiger partial charge is 0.465 e. The lowest BCUT2D eigenvalue weighted by molar-refractivity contribution is 0.0599. The van der Waals surface area contributed by atoms with Crippen molar-refractivity contribution in [1.82, 2.24) is 24.1 Å². The minimum absolute atomic E-state index is 0.0925. The van der Waals surface area contributed by atoms with Crippen molar-refractivity contribution in [3.63, 3.8) is 0 Å². The first-order valence-electron chi connectivity index (χ1n) is 11.6. The smallest absolute Gasteiger partial charge is 0.339 e. The van der Waals surface area contributed by atoms with Crippen LogP contribution in [0.15, 0.2) is 34.2 Å². The number of carbonyl (C=O) groups excluding carboxylic acids is 2. The Bertz CT molecular complexity index is 1480. The summed E-state index contributed by atoms with van der Waals surface area (Å²) in [6, 6.07) is 7.37. The Kier molecular flexibility index (Phi) is 7.11. The van der Waals surface area contributed by atoms with Crippen molar-refractivity contribution in [1.29, 1.82) is 0 Å². The maximum atomic E-state index is 13.3. The van der Waals surface area contributed by atoms with Gasteiger partial charge in [-0.15, -0.1) is 10.2 Å². The van der Waals surface area contributed by atoms with Gasteiger partial charge in [-0.2, -0.15) is 0 Å². The molecule has 0 aliphatic carbocycles. The van der Waals surface area contributed by atoms with E-state index in [0.717, 1.165) is 19.3 Å². The number of aryl methyl sites for hydroxylation is 2. The molecule has 1 N–H and O–H groups in total. The number of hydrogen-bond donors (Lipinski definition) is 1. The first-order chi connectivity index (χ1) is 16.8. The van der Waals surface area contributed by atoms with Crippen LogP contribution >= 0.6 is 11.8 Å². The second kappa shape index (κ2) is 10.1. The third-order valence-corrected chi connectivity index (χ3v) is 7.23. The fourth-order valence-electron chi connectivity index (χ4n) is 4.35. The summed E-state index contributed by atoms with van der Waals surface area (Å²) >= 11 is 1.27. The highest BCUT2D eigenvalue weighted by molar-refractivity contribution is 8.00. The molecule has 0 aliphatic heterocycles. The summed E-state index contributed by atoms with van der Waals surface area (Å²) in [4.78, 5) is 41.7. The third-order valence-electron chi connectivity index (χ3n) is 6.19. The number of aromatic amines is 1. The van der Waals surface area contributed by atoms with E-state index in [0.29, 0.717) is 50.9 Å². The number of esters is 1. The van der Waals surface area contributed by atoms with Gasteiger partial charge in [0.1, 0.15) is 0 Å². The highest BCUT2D eigenvalue weighted by Crippen LogP contribution is 2.29. The molecular weight excluding hydrogens is 466 g/mol. The molecule has 4 rings (SSSR count). The van der Waals surface area contributed by atoms with Gasteiger partial charge in [0.15, 0.2) is 10.9 Å². The lowest BCUT2D eigenvalue weighted by Crippen LogP contribution is -2.23. The van der Waals surface area contributed by atoms with Gasteiger partial charge in [-0.05, 0) is 44.9 Å². The summed E-state index contributed by atoms with van der Waals surface area (Å²) in [6.07, 6.45) is 2.92. The zero-order chi connectivity index (χ0) is 25.3. The van der Waals surface area contributed by atoms with E-state index in [-0.39, 0.29) is 11.3 Å². The Morgan fingerprint density at radius 3 is 2.63 bits per heavy atom. The highest BCUT2D eigenvalue weighted by Gasteiger charge is 2.27. The SMILES string of the molecule is CCCCCn1c(=O)c2ccccc2n2c(SC(C)C(=O)c3[nH]c(C)c(C(=O)OC)c3C)nnc12. The van der Waals surface area contributed by atoms with E-state index in [2.05, 4.69) is 22.1 Å². The van der Waals surface area contributed by atoms with Gasteiger partial charge in [-0.3, -0.25) is 18.6 Å². The number of thioether (sulfide) groups is 1. The Hall–Kier alpha value is -3.40. The van der Waals surface area contributed by atoms with Gasteiger partial charge in [0.2, 0.25) is 5.78 Å². The van der Waals surface area contributed by atoms with E-state index in [4.69, 9.17) is 4.74 Å². The number of fused-ring (bicyclic) bond motifs is 3. The van der Waals surface area contributed by atoms with Crippen LogP contribution in [0.1, 0.15) is 65.2 Å². The van der Waals surface area contributed by atoms with Gasteiger partial charge in [0.25, 0.3) is 5.56 Å². The standard InChI is InChI=1S/C25H29N5O4S/c1-6-7-10-13-29-22(32)17-11-8-9-12-18(17)30-24(29)27-28-25(30)35-16(4)21(31)20-14(2)19(15(3)26-20)23(33)34-5/h8-9,11-12,16,26H,6-7,10,13H2,1-5H3. The van der Waals surface area contributed by atoms with E-state index < -0.39 is 11.2 Å². The first kappa shape index (κ1) is 24.7. The highest BCUT2D eigenvalue weighted by atomic mass is 32.2. The van der Waals surface area contributed by atoms with E-state index >= 15 is 0 Å². The number of rotatable bonds is 9. The number of benzene rings is 1. The lowest BCUT2D eigenvalue weighted by atomic mass is 10.1. The third kappa shape index (κ3) is 4.38. The minimum atomic E-state index is -0.524. The number of Topliss-reactive ketones (excluding diaryl/α,β-unsaturated/α-hetero) is 1. The van der Waals surface area contributed by atoms with Gasteiger partial charge in [-0.25, -0.2) is 4.79 Å². The van der Waals surface area contributed by atoms with Gasteiger partial charge >= 0.3 is 5.97 Å². The molecular formula is C25H29N5O4S. The Morgan fingerprint density at radius 1 is 1.17 bits per heavy atom. The van der Waals surface area contributed by atoms with Crippen LogP contribution in [0.3, 0.4) is 0 Å². The average molecular weight is 496 g/mol. The summed E-state index contributed by atoms with van der Waals surface area (Å²) in [5.41, 5.74) is 2.51. The summed E-state index contributed by atoms with van der Waals surface area (Å²) in [5.74, 6) is -0.179. The van der Waals surface area contributed by atoms with Gasteiger partial charge in [0.05, 0.1) is 34.5 Å². The van der Waals surface area contributed by atoms with E-state index in [1.807, 2.05) is 22.6 Å². The molecule has 10 heteroatoms. The summed E-state index contributed by atoms with van der Waals surface area (Å²) in [5, 5.41) is 9.27. The summed E-state index contributed by atoms with van der Waals surface area (Å²) < 4.78 is 8.38. The second-order valence-corrected chi connectivity index (χ2v) is 9.85. The Labute approximate surface area is 206 Å². The average Bonchev–Trinajstić information content (AvgIpc) is 3.40. The minimum Gasteiger partial charge on any atom is -0.465 e. The van der Waals surface area contributed by atoms with Crippen LogP contribution in [0.25, 0.3) is 16.7 Å². The summed E-state index contributed by atoms with van der Waals surface area (Å²) in [7, 11) is 1.32. The predicted molar refractivity (Wildman–Crippen MR) is 136 cm³/mol. The molecule has 1 aromatic carbocycles. The number of methoxy groups -OCH3 is 1. The molecule has 0 aliphatic rings. The normalized spacial score (nSPS) is 12.4. The van der Waals surface area contributed by atoms with Gasteiger partial charge in [0, 0.05) is 12.2 Å². The molecule has 35 heavy (non-hydrogen) atoms. The molecule has 0 radical (unpaired) electrons. The first-order valence-corrected chi connectivity index (χ1v) is 12.5. The van der Waals surface area contributed by atoms with Crippen molar-refractivity contribution < 1.29 is 14.3 Å². The Morgan fingerprint density at radius 2 is 1.91 bits per heavy atom. The molecule has 184 valence electrons. The van der Waals surface area contributed by atoms with Crippen molar-refractivity contribution in [3.8, 4) is 0 Å². The number of unbranched alkanes of at least 4 members (excludes halogenated alkanes) is 2. The number of para-hydroxylation sites is 1. The fraction of sp³-hybridized carbons (Fsp3) is 0.400. The van der Waals surface area contributed by atoms with Crippen LogP contribution < -0.4 is 5.56 Å². The molecule has 0 fully saturated rings. The van der Waals surface area contributed by atoms with Crippen LogP contribution in [-0.2, 0) is 11.3 Å². The van der Waals surface area contributed by atoms with Crippen molar-refractivity contribution in [2.24, 2.45) is 0 Å². The number of nitrogens with one attached hydrogen (secondary N) is 1. The number of nitrogens with zero attached hydrogens (tertiary/aromatic N) is 4. The zero-order valence-electron chi connectivity index (χ0n) is 20.5. The van der Waals surface area contributed by atoms with Crippen LogP contribution in [-0.4, -0.2) is 48.3 Å². The second-order valence-electron chi connectivity index (χ2n) is 8.54. The maximum Gasteiger partial charge on any atom is 0.339 e. The van der Waals surface area contributed by atoms with Crippen molar-refractivity contribution in [2.45, 2.75) is 63.9 Å².